The standard InChI is InChI=1S/C18H20N2O5/c1-20(2)18(23)16(13-7-4-3-5-8-13)25-15(21)10-11-19-17(22)14-9-6-12-24-14/h3-9,12,16H,10-11H2,1-2H3,(H,19,22)/t16-/m0/s1. The molecule has 2 amide bonds. The minimum Gasteiger partial charge on any atom is -0.459 e. The number of carbonyl (C=O) groups is 3. The van der Waals surface area contributed by atoms with Crippen LogP contribution in [0.2, 0.25) is 0 Å². The Morgan fingerprint density at radius 2 is 1.84 bits per heavy atom. The van der Waals surface area contributed by atoms with Crippen molar-refractivity contribution in [3.05, 3.63) is 60.1 Å². The summed E-state index contributed by atoms with van der Waals surface area (Å²) >= 11 is 0. The molecule has 0 spiro atoms. The number of hydrogen-bond acceptors (Lipinski definition) is 5. The minimum absolute atomic E-state index is 0.0590. The summed E-state index contributed by atoms with van der Waals surface area (Å²) < 4.78 is 10.3. The van der Waals surface area contributed by atoms with E-state index in [2.05, 4.69) is 5.32 Å². The van der Waals surface area contributed by atoms with Crippen LogP contribution < -0.4 is 5.32 Å². The van der Waals surface area contributed by atoms with Gasteiger partial charge in [0.05, 0.1) is 12.7 Å². The molecular formula is C18H20N2O5. The quantitative estimate of drug-likeness (QED) is 0.773. The van der Waals surface area contributed by atoms with Gasteiger partial charge in [-0.25, -0.2) is 0 Å². The van der Waals surface area contributed by atoms with Gasteiger partial charge in [-0.15, -0.1) is 0 Å². The topological polar surface area (TPSA) is 88.9 Å². The summed E-state index contributed by atoms with van der Waals surface area (Å²) in [5, 5.41) is 2.55. The number of ether oxygens (including phenoxy) is 1. The number of rotatable bonds is 7. The van der Waals surface area contributed by atoms with E-state index in [1.165, 1.54) is 17.2 Å². The first-order valence-electron chi connectivity index (χ1n) is 7.76. The van der Waals surface area contributed by atoms with Crippen molar-refractivity contribution in [3.8, 4) is 0 Å². The Morgan fingerprint density at radius 1 is 1.12 bits per heavy atom. The summed E-state index contributed by atoms with van der Waals surface area (Å²) in [5.41, 5.74) is 0.592. The van der Waals surface area contributed by atoms with Crippen molar-refractivity contribution in [1.82, 2.24) is 10.2 Å². The fraction of sp³-hybridized carbons (Fsp3) is 0.278. The highest BCUT2D eigenvalue weighted by atomic mass is 16.5. The van der Waals surface area contributed by atoms with Gasteiger partial charge in [0, 0.05) is 26.2 Å². The molecule has 7 nitrogen and oxygen atoms in total. The molecule has 1 N–H and O–H groups in total. The lowest BCUT2D eigenvalue weighted by atomic mass is 10.1. The number of benzene rings is 1. The second kappa shape index (κ2) is 8.68. The maximum Gasteiger partial charge on any atom is 0.308 e. The Hall–Kier alpha value is -3.09. The molecule has 1 heterocycles. The van der Waals surface area contributed by atoms with Crippen molar-refractivity contribution in [1.29, 1.82) is 0 Å². The Kier molecular flexibility index (Phi) is 6.33. The molecule has 0 saturated carbocycles. The summed E-state index contributed by atoms with van der Waals surface area (Å²) in [7, 11) is 3.19. The average molecular weight is 344 g/mol. The molecule has 7 heteroatoms. The Bertz CT molecular complexity index is 710. The van der Waals surface area contributed by atoms with Gasteiger partial charge in [0.15, 0.2) is 5.76 Å². The summed E-state index contributed by atoms with van der Waals surface area (Å²) in [6.45, 7) is 0.0794. The molecule has 1 aromatic heterocycles. The second-order valence-corrected chi connectivity index (χ2v) is 5.50. The highest BCUT2D eigenvalue weighted by Crippen LogP contribution is 2.20. The van der Waals surface area contributed by atoms with Crippen molar-refractivity contribution in [2.24, 2.45) is 0 Å². The fourth-order valence-electron chi connectivity index (χ4n) is 2.09. The van der Waals surface area contributed by atoms with Crippen LogP contribution >= 0.6 is 0 Å². The van der Waals surface area contributed by atoms with E-state index in [0.717, 1.165) is 0 Å². The molecule has 0 aliphatic heterocycles. The van der Waals surface area contributed by atoms with Crippen LogP contribution in [0.15, 0.2) is 53.1 Å². The van der Waals surface area contributed by atoms with E-state index < -0.39 is 18.0 Å². The third kappa shape index (κ3) is 5.20. The van der Waals surface area contributed by atoms with Crippen LogP contribution in [0.3, 0.4) is 0 Å². The van der Waals surface area contributed by atoms with Crippen LogP contribution in [-0.4, -0.2) is 43.3 Å². The number of hydrogen-bond donors (Lipinski definition) is 1. The zero-order valence-electron chi connectivity index (χ0n) is 14.1. The van der Waals surface area contributed by atoms with Crippen molar-refractivity contribution in [2.75, 3.05) is 20.6 Å². The van der Waals surface area contributed by atoms with Gasteiger partial charge < -0.3 is 19.4 Å². The SMILES string of the molecule is CN(C)C(=O)[C@@H](OC(=O)CCNC(=O)c1ccco1)c1ccccc1. The van der Waals surface area contributed by atoms with E-state index >= 15 is 0 Å². The van der Waals surface area contributed by atoms with Gasteiger partial charge in [-0.3, -0.25) is 14.4 Å². The van der Waals surface area contributed by atoms with E-state index in [9.17, 15) is 14.4 Å². The summed E-state index contributed by atoms with van der Waals surface area (Å²) in [5.74, 6) is -1.16. The van der Waals surface area contributed by atoms with E-state index in [1.54, 1.807) is 44.4 Å². The molecule has 0 fully saturated rings. The van der Waals surface area contributed by atoms with Crippen molar-refractivity contribution >= 4 is 17.8 Å². The van der Waals surface area contributed by atoms with E-state index in [1.807, 2.05) is 6.07 Å². The first-order chi connectivity index (χ1) is 12.0. The third-order valence-corrected chi connectivity index (χ3v) is 3.38. The first-order valence-corrected chi connectivity index (χ1v) is 7.76. The molecule has 0 unspecified atom stereocenters. The molecule has 25 heavy (non-hydrogen) atoms. The first kappa shape index (κ1) is 18.3. The van der Waals surface area contributed by atoms with Crippen LogP contribution in [0.4, 0.5) is 0 Å². The lowest BCUT2D eigenvalue weighted by molar-refractivity contribution is -0.159. The lowest BCUT2D eigenvalue weighted by Crippen LogP contribution is -2.32. The molecule has 0 aliphatic carbocycles. The van der Waals surface area contributed by atoms with E-state index in [-0.39, 0.29) is 24.6 Å². The molecule has 0 radical (unpaired) electrons. The summed E-state index contributed by atoms with van der Waals surface area (Å²) in [6, 6.07) is 11.9. The van der Waals surface area contributed by atoms with Gasteiger partial charge >= 0.3 is 5.97 Å². The molecule has 1 aromatic carbocycles. The predicted molar refractivity (Wildman–Crippen MR) is 89.6 cm³/mol. The van der Waals surface area contributed by atoms with Gasteiger partial charge in [0.25, 0.3) is 11.8 Å². The van der Waals surface area contributed by atoms with Gasteiger partial charge in [0.1, 0.15) is 0 Å². The predicted octanol–water partition coefficient (Wildman–Crippen LogP) is 1.77. The lowest BCUT2D eigenvalue weighted by Gasteiger charge is -2.21. The van der Waals surface area contributed by atoms with Gasteiger partial charge in [-0.1, -0.05) is 30.3 Å². The van der Waals surface area contributed by atoms with Crippen LogP contribution in [0.25, 0.3) is 0 Å². The molecule has 0 bridgehead atoms. The highest BCUT2D eigenvalue weighted by Gasteiger charge is 2.26. The molecule has 2 rings (SSSR count). The summed E-state index contributed by atoms with van der Waals surface area (Å²) in [6.07, 6.45) is 0.321. The maximum absolute atomic E-state index is 12.3. The Balaban J connectivity index is 1.91. The number of furan rings is 1. The number of nitrogens with zero attached hydrogens (tertiary/aromatic N) is 1. The fourth-order valence-corrected chi connectivity index (χ4v) is 2.09. The van der Waals surface area contributed by atoms with Crippen molar-refractivity contribution < 1.29 is 23.5 Å². The summed E-state index contributed by atoms with van der Waals surface area (Å²) in [4.78, 5) is 37.4. The van der Waals surface area contributed by atoms with Crippen LogP contribution in [0, 0.1) is 0 Å². The molecule has 1 atom stereocenters. The van der Waals surface area contributed by atoms with Gasteiger partial charge in [0.2, 0.25) is 6.10 Å². The van der Waals surface area contributed by atoms with Crippen LogP contribution in [-0.2, 0) is 14.3 Å². The van der Waals surface area contributed by atoms with E-state index in [0.29, 0.717) is 5.56 Å². The largest absolute Gasteiger partial charge is 0.459 e. The number of carbonyl (C=O) groups excluding carboxylic acids is 3. The zero-order chi connectivity index (χ0) is 18.2. The monoisotopic (exact) mass is 344 g/mol. The Labute approximate surface area is 145 Å². The zero-order valence-corrected chi connectivity index (χ0v) is 14.1. The number of likely N-dealkylation sites (N-methyl/N-ethyl adjacent to an activating group) is 1. The van der Waals surface area contributed by atoms with Crippen LogP contribution in [0.5, 0.6) is 0 Å². The second-order valence-electron chi connectivity index (χ2n) is 5.50. The molecule has 132 valence electrons. The molecule has 0 aliphatic rings. The van der Waals surface area contributed by atoms with Gasteiger partial charge in [-0.2, -0.15) is 0 Å². The molecule has 0 saturated heterocycles. The Morgan fingerprint density at radius 3 is 2.44 bits per heavy atom. The maximum atomic E-state index is 12.3. The van der Waals surface area contributed by atoms with Crippen LogP contribution in [0.1, 0.15) is 28.6 Å². The molecular weight excluding hydrogens is 324 g/mol. The highest BCUT2D eigenvalue weighted by molar-refractivity contribution is 5.91. The number of esters is 1. The normalized spacial score (nSPS) is 11.4. The van der Waals surface area contributed by atoms with Crippen molar-refractivity contribution in [3.63, 3.8) is 0 Å². The molecule has 2 aromatic rings. The number of nitrogens with one attached hydrogen (secondary N) is 1. The van der Waals surface area contributed by atoms with Gasteiger partial charge in [-0.05, 0) is 12.1 Å². The van der Waals surface area contributed by atoms with E-state index in [4.69, 9.17) is 9.15 Å². The minimum atomic E-state index is -1.01. The van der Waals surface area contributed by atoms with Crippen molar-refractivity contribution in [2.45, 2.75) is 12.5 Å². The smallest absolute Gasteiger partial charge is 0.308 e. The average Bonchev–Trinajstić information content (AvgIpc) is 3.14. The third-order valence-electron chi connectivity index (χ3n) is 3.38. The number of amides is 2.